The first kappa shape index (κ1) is 13.8. The lowest BCUT2D eigenvalue weighted by Crippen LogP contribution is -2.00. The third-order valence-corrected chi connectivity index (χ3v) is 4.69. The van der Waals surface area contributed by atoms with E-state index in [0.29, 0.717) is 16.6 Å². The van der Waals surface area contributed by atoms with Crippen LogP contribution in [0.15, 0.2) is 48.5 Å². The van der Waals surface area contributed by atoms with Crippen molar-refractivity contribution in [1.82, 2.24) is 9.97 Å². The Bertz CT molecular complexity index is 1070. The van der Waals surface area contributed by atoms with Crippen LogP contribution in [0.1, 0.15) is 15.4 Å². The molecule has 0 unspecified atom stereocenters. The van der Waals surface area contributed by atoms with Crippen LogP contribution in [0, 0.1) is 6.92 Å². The number of pyridine rings is 1. The molecule has 2 aromatic heterocycles. The fraction of sp³-hybridized carbons (Fsp3) is 0.0556. The van der Waals surface area contributed by atoms with Crippen molar-refractivity contribution in [2.75, 3.05) is 0 Å². The first-order chi connectivity index (χ1) is 11.1. The molecule has 4 rings (SSSR count). The second-order valence-corrected chi connectivity index (χ2v) is 6.53. The maximum atomic E-state index is 11.6. The Morgan fingerprint density at radius 1 is 1.04 bits per heavy atom. The summed E-state index contributed by atoms with van der Waals surface area (Å²) in [5.41, 5.74) is 3.37. The normalized spacial score (nSPS) is 11.2. The highest BCUT2D eigenvalue weighted by atomic mass is 32.1. The Kier molecular flexibility index (Phi) is 3.09. The average molecular weight is 320 g/mol. The molecule has 0 spiro atoms. The van der Waals surface area contributed by atoms with E-state index >= 15 is 0 Å². The zero-order valence-corrected chi connectivity index (χ0v) is 13.1. The Hall–Kier alpha value is -2.79. The Balaban J connectivity index is 1.97. The van der Waals surface area contributed by atoms with E-state index in [1.165, 1.54) is 0 Å². The molecule has 0 saturated heterocycles. The van der Waals surface area contributed by atoms with Gasteiger partial charge in [0.25, 0.3) is 0 Å². The lowest BCUT2D eigenvalue weighted by Gasteiger charge is -2.07. The van der Waals surface area contributed by atoms with Crippen LogP contribution in [0.2, 0.25) is 0 Å². The molecule has 0 radical (unpaired) electrons. The van der Waals surface area contributed by atoms with Gasteiger partial charge in [0.05, 0.1) is 32.0 Å². The highest BCUT2D eigenvalue weighted by molar-refractivity contribution is 7.18. The second kappa shape index (κ2) is 5.14. The van der Waals surface area contributed by atoms with E-state index in [1.807, 2.05) is 43.3 Å². The number of carboxylic acids is 1. The largest absolute Gasteiger partial charge is 0.478 e. The van der Waals surface area contributed by atoms with Crippen LogP contribution >= 0.6 is 11.3 Å². The van der Waals surface area contributed by atoms with Crippen molar-refractivity contribution < 1.29 is 9.90 Å². The summed E-state index contributed by atoms with van der Waals surface area (Å²) in [5.74, 6) is -0.949. The number of hydrogen-bond donors (Lipinski definition) is 1. The van der Waals surface area contributed by atoms with Gasteiger partial charge in [-0.3, -0.25) is 0 Å². The van der Waals surface area contributed by atoms with Gasteiger partial charge in [-0.15, -0.1) is 11.3 Å². The van der Waals surface area contributed by atoms with Crippen molar-refractivity contribution in [1.29, 1.82) is 0 Å². The Morgan fingerprint density at radius 3 is 2.70 bits per heavy atom. The fourth-order valence-electron chi connectivity index (χ4n) is 2.70. The molecule has 0 aliphatic rings. The standard InChI is InChI=1S/C18H12N2O2S/c1-10-19-16-8-11(6-7-17(16)23-10)15-9-13(18(21)22)12-4-2-3-5-14(12)20-15/h2-9H,1H3,(H,21,22). The minimum absolute atomic E-state index is 0.264. The molecule has 2 aromatic carbocycles. The first-order valence-electron chi connectivity index (χ1n) is 7.12. The summed E-state index contributed by atoms with van der Waals surface area (Å²) in [6, 6.07) is 14.8. The molecule has 2 heterocycles. The molecule has 4 nitrogen and oxygen atoms in total. The van der Waals surface area contributed by atoms with Crippen LogP contribution in [-0.2, 0) is 0 Å². The topological polar surface area (TPSA) is 63.1 Å². The molecule has 0 atom stereocenters. The number of aromatic carboxylic acids is 1. The van der Waals surface area contributed by atoms with Crippen molar-refractivity contribution in [3.8, 4) is 11.3 Å². The molecule has 4 aromatic rings. The Morgan fingerprint density at radius 2 is 1.87 bits per heavy atom. The van der Waals surface area contributed by atoms with Crippen molar-refractivity contribution in [2.45, 2.75) is 6.92 Å². The summed E-state index contributed by atoms with van der Waals surface area (Å²) in [4.78, 5) is 20.7. The molecule has 1 N–H and O–H groups in total. The maximum Gasteiger partial charge on any atom is 0.336 e. The van der Waals surface area contributed by atoms with Gasteiger partial charge >= 0.3 is 5.97 Å². The number of nitrogens with zero attached hydrogens (tertiary/aromatic N) is 2. The summed E-state index contributed by atoms with van der Waals surface area (Å²) < 4.78 is 1.12. The SMILES string of the molecule is Cc1nc2cc(-c3cc(C(=O)O)c4ccccc4n3)ccc2s1. The Labute approximate surface area is 136 Å². The predicted octanol–water partition coefficient (Wildman–Crippen LogP) is 4.52. The smallest absolute Gasteiger partial charge is 0.336 e. The molecular weight excluding hydrogens is 308 g/mol. The van der Waals surface area contributed by atoms with Gasteiger partial charge in [-0.1, -0.05) is 24.3 Å². The van der Waals surface area contributed by atoms with E-state index in [0.717, 1.165) is 20.8 Å². The summed E-state index contributed by atoms with van der Waals surface area (Å²) in [7, 11) is 0. The number of rotatable bonds is 2. The third kappa shape index (κ3) is 2.35. The zero-order chi connectivity index (χ0) is 16.0. The molecule has 5 heteroatoms. The van der Waals surface area contributed by atoms with Crippen molar-refractivity contribution in [2.24, 2.45) is 0 Å². The van der Waals surface area contributed by atoms with Gasteiger partial charge in [0.15, 0.2) is 0 Å². The van der Waals surface area contributed by atoms with Gasteiger partial charge in [0, 0.05) is 10.9 Å². The van der Waals surface area contributed by atoms with Crippen LogP contribution < -0.4 is 0 Å². The number of fused-ring (bicyclic) bond motifs is 2. The third-order valence-electron chi connectivity index (χ3n) is 3.74. The number of carboxylic acid groups (broad SMARTS) is 1. The van der Waals surface area contributed by atoms with Crippen molar-refractivity contribution in [3.05, 3.63) is 59.1 Å². The number of benzene rings is 2. The first-order valence-corrected chi connectivity index (χ1v) is 7.94. The number of carbonyl (C=O) groups is 1. The van der Waals surface area contributed by atoms with Gasteiger partial charge in [0.1, 0.15) is 0 Å². The van der Waals surface area contributed by atoms with Crippen LogP contribution in [0.25, 0.3) is 32.4 Å². The van der Waals surface area contributed by atoms with E-state index < -0.39 is 5.97 Å². The number of para-hydroxylation sites is 1. The van der Waals surface area contributed by atoms with Crippen LogP contribution in [0.4, 0.5) is 0 Å². The number of aryl methyl sites for hydroxylation is 1. The minimum Gasteiger partial charge on any atom is -0.478 e. The molecule has 23 heavy (non-hydrogen) atoms. The minimum atomic E-state index is -0.949. The van der Waals surface area contributed by atoms with Crippen molar-refractivity contribution in [3.63, 3.8) is 0 Å². The van der Waals surface area contributed by atoms with E-state index in [2.05, 4.69) is 9.97 Å². The highest BCUT2D eigenvalue weighted by Crippen LogP contribution is 2.29. The number of hydrogen-bond acceptors (Lipinski definition) is 4. The highest BCUT2D eigenvalue weighted by Gasteiger charge is 2.13. The molecule has 0 bridgehead atoms. The molecule has 112 valence electrons. The fourth-order valence-corrected chi connectivity index (χ4v) is 3.51. The molecule has 0 fully saturated rings. The van der Waals surface area contributed by atoms with E-state index in [1.54, 1.807) is 23.5 Å². The monoisotopic (exact) mass is 320 g/mol. The number of aromatic nitrogens is 2. The van der Waals surface area contributed by atoms with Gasteiger partial charge in [-0.2, -0.15) is 0 Å². The van der Waals surface area contributed by atoms with Gasteiger partial charge < -0.3 is 5.11 Å². The average Bonchev–Trinajstić information content (AvgIpc) is 2.92. The van der Waals surface area contributed by atoms with Crippen LogP contribution in [0.5, 0.6) is 0 Å². The summed E-state index contributed by atoms with van der Waals surface area (Å²) in [6.45, 7) is 1.97. The summed E-state index contributed by atoms with van der Waals surface area (Å²) >= 11 is 1.64. The summed E-state index contributed by atoms with van der Waals surface area (Å²) in [6.07, 6.45) is 0. The van der Waals surface area contributed by atoms with Crippen LogP contribution in [-0.4, -0.2) is 21.0 Å². The lowest BCUT2D eigenvalue weighted by molar-refractivity contribution is 0.0699. The lowest BCUT2D eigenvalue weighted by atomic mass is 10.0. The van der Waals surface area contributed by atoms with Gasteiger partial charge in [-0.25, -0.2) is 14.8 Å². The molecule has 0 aliphatic carbocycles. The second-order valence-electron chi connectivity index (χ2n) is 5.29. The van der Waals surface area contributed by atoms with E-state index in [-0.39, 0.29) is 5.56 Å². The molecular formula is C18H12N2O2S. The van der Waals surface area contributed by atoms with E-state index in [4.69, 9.17) is 0 Å². The zero-order valence-electron chi connectivity index (χ0n) is 12.3. The molecule has 0 amide bonds. The molecule has 0 saturated carbocycles. The quantitative estimate of drug-likeness (QED) is 0.590. The van der Waals surface area contributed by atoms with Crippen LogP contribution in [0.3, 0.4) is 0 Å². The predicted molar refractivity (Wildman–Crippen MR) is 92.1 cm³/mol. The molecule has 0 aliphatic heterocycles. The maximum absolute atomic E-state index is 11.6. The van der Waals surface area contributed by atoms with Gasteiger partial charge in [-0.05, 0) is 31.2 Å². The van der Waals surface area contributed by atoms with E-state index in [9.17, 15) is 9.90 Å². The number of thiazole rings is 1. The van der Waals surface area contributed by atoms with Crippen molar-refractivity contribution >= 4 is 38.4 Å². The summed E-state index contributed by atoms with van der Waals surface area (Å²) in [5, 5.41) is 11.1. The van der Waals surface area contributed by atoms with Gasteiger partial charge in [0.2, 0.25) is 0 Å².